The number of hydrogen-bond donors (Lipinski definition) is 2. The number of fused-ring (bicyclic) bond motifs is 3. The number of aliphatic carboxylic acids is 1. The third-order valence-electron chi connectivity index (χ3n) is 10.3. The highest BCUT2D eigenvalue weighted by atomic mass is 16.4. The summed E-state index contributed by atoms with van der Waals surface area (Å²) in [5, 5.41) is 21.4. The van der Waals surface area contributed by atoms with Crippen molar-refractivity contribution in [3.05, 3.63) is 23.3 Å². The van der Waals surface area contributed by atoms with E-state index in [4.69, 9.17) is 5.11 Å². The van der Waals surface area contributed by atoms with Crippen LogP contribution in [0.4, 0.5) is 0 Å². The van der Waals surface area contributed by atoms with Crippen molar-refractivity contribution in [3.63, 3.8) is 0 Å². The van der Waals surface area contributed by atoms with Gasteiger partial charge in [0.1, 0.15) is 11.6 Å². The third-order valence-corrected chi connectivity index (χ3v) is 10.3. The first-order valence-electron chi connectivity index (χ1n) is 13.4. The van der Waals surface area contributed by atoms with Gasteiger partial charge in [0.2, 0.25) is 0 Å². The van der Waals surface area contributed by atoms with Crippen molar-refractivity contribution in [1.82, 2.24) is 0 Å². The van der Waals surface area contributed by atoms with Crippen molar-refractivity contribution < 1.29 is 29.4 Å². The number of ketones is 3. The van der Waals surface area contributed by atoms with Gasteiger partial charge < -0.3 is 10.2 Å². The Hall–Kier alpha value is -2.08. The molecule has 0 aromatic rings. The maximum Gasteiger partial charge on any atom is 0.330 e. The Morgan fingerprint density at radius 3 is 2.36 bits per heavy atom. The first-order chi connectivity index (χ1) is 16.5. The average Bonchev–Trinajstić information content (AvgIpc) is 2.79. The number of rotatable bonds is 8. The highest BCUT2D eigenvalue weighted by Crippen LogP contribution is 2.66. The maximum atomic E-state index is 13.6. The van der Waals surface area contributed by atoms with Crippen LogP contribution in [0.2, 0.25) is 0 Å². The Balaban J connectivity index is 1.83. The molecule has 3 rings (SSSR count). The van der Waals surface area contributed by atoms with Crippen molar-refractivity contribution in [2.75, 3.05) is 0 Å². The molecule has 0 unspecified atom stereocenters. The van der Waals surface area contributed by atoms with E-state index in [1.807, 2.05) is 27.7 Å². The summed E-state index contributed by atoms with van der Waals surface area (Å²) in [6.07, 6.45) is 7.56. The first kappa shape index (κ1) is 28.5. The standard InChI is InChI=1S/C30H44O6/c1-18(9-8-10-19(2)26(34)35)21(31)13-15-28(6)23-12-11-22-27(4,5)24(32)14-16-29(22,7)30(23,36)17-20(3)25(28)33/h10,17-18,22-23,36H,8-9,11-16H2,1-7H3,(H,34,35)/t18-,22+,23+,28-,29+,30+/m1/s1. The minimum absolute atomic E-state index is 0.00541. The fourth-order valence-corrected chi connectivity index (χ4v) is 7.76. The SMILES string of the molecule is CC(=CCC[C@@H](C)C(=O)CC[C@@]1(C)C(=O)C(C)=C[C@]2(O)[C@H]1CC[C@H]1C(C)(C)C(=O)CC[C@@]12C)C(=O)O. The van der Waals surface area contributed by atoms with E-state index in [0.717, 1.165) is 6.42 Å². The van der Waals surface area contributed by atoms with Crippen LogP contribution in [0.5, 0.6) is 0 Å². The van der Waals surface area contributed by atoms with Gasteiger partial charge in [-0.05, 0) is 69.9 Å². The number of carbonyl (C=O) groups is 4. The summed E-state index contributed by atoms with van der Waals surface area (Å²) in [6, 6.07) is 0. The number of aliphatic hydroxyl groups is 1. The zero-order valence-electron chi connectivity index (χ0n) is 23.1. The smallest absolute Gasteiger partial charge is 0.330 e. The van der Waals surface area contributed by atoms with Crippen LogP contribution in [0.1, 0.15) is 99.8 Å². The fourth-order valence-electron chi connectivity index (χ4n) is 7.76. The lowest BCUT2D eigenvalue weighted by molar-refractivity contribution is -0.211. The maximum absolute atomic E-state index is 13.6. The summed E-state index contributed by atoms with van der Waals surface area (Å²) in [6.45, 7) is 13.2. The van der Waals surface area contributed by atoms with Gasteiger partial charge in [0, 0.05) is 46.5 Å². The van der Waals surface area contributed by atoms with E-state index < -0.39 is 27.8 Å². The van der Waals surface area contributed by atoms with E-state index in [0.29, 0.717) is 44.1 Å². The van der Waals surface area contributed by atoms with E-state index in [-0.39, 0.29) is 47.1 Å². The molecule has 6 atom stereocenters. The van der Waals surface area contributed by atoms with Crippen LogP contribution in [0.25, 0.3) is 0 Å². The number of hydrogen-bond acceptors (Lipinski definition) is 5. The molecule has 6 heteroatoms. The summed E-state index contributed by atoms with van der Waals surface area (Å²) >= 11 is 0. The van der Waals surface area contributed by atoms with Gasteiger partial charge in [0.05, 0.1) is 5.60 Å². The van der Waals surface area contributed by atoms with Crippen LogP contribution in [0.15, 0.2) is 23.3 Å². The lowest BCUT2D eigenvalue weighted by Crippen LogP contribution is -2.68. The predicted octanol–water partition coefficient (Wildman–Crippen LogP) is 5.47. The molecule has 200 valence electrons. The molecule has 36 heavy (non-hydrogen) atoms. The second-order valence-electron chi connectivity index (χ2n) is 12.8. The molecular weight excluding hydrogens is 456 g/mol. The number of carboxylic acids is 1. The molecule has 0 aromatic heterocycles. The second-order valence-corrected chi connectivity index (χ2v) is 12.8. The van der Waals surface area contributed by atoms with Crippen molar-refractivity contribution in [2.24, 2.45) is 34.0 Å². The van der Waals surface area contributed by atoms with Crippen molar-refractivity contribution in [1.29, 1.82) is 0 Å². The highest BCUT2D eigenvalue weighted by Gasteiger charge is 2.68. The first-order valence-corrected chi connectivity index (χ1v) is 13.4. The predicted molar refractivity (Wildman–Crippen MR) is 138 cm³/mol. The van der Waals surface area contributed by atoms with Gasteiger partial charge in [0.25, 0.3) is 0 Å². The number of allylic oxidation sites excluding steroid dienone is 2. The lowest BCUT2D eigenvalue weighted by Gasteiger charge is -2.65. The van der Waals surface area contributed by atoms with Crippen LogP contribution < -0.4 is 0 Å². The topological polar surface area (TPSA) is 109 Å². The molecule has 3 aliphatic rings. The lowest BCUT2D eigenvalue weighted by atomic mass is 9.40. The molecule has 0 saturated heterocycles. The summed E-state index contributed by atoms with van der Waals surface area (Å²) < 4.78 is 0. The van der Waals surface area contributed by atoms with E-state index in [1.165, 1.54) is 0 Å². The zero-order chi connectivity index (χ0) is 27.3. The molecule has 0 radical (unpaired) electrons. The fraction of sp³-hybridized carbons (Fsp3) is 0.733. The number of carbonyl (C=O) groups excluding carboxylic acids is 3. The molecule has 2 saturated carbocycles. The van der Waals surface area contributed by atoms with Crippen molar-refractivity contribution >= 4 is 23.3 Å². The summed E-state index contributed by atoms with van der Waals surface area (Å²) in [7, 11) is 0. The quantitative estimate of drug-likeness (QED) is 0.428. The Morgan fingerprint density at radius 1 is 1.14 bits per heavy atom. The van der Waals surface area contributed by atoms with Crippen LogP contribution in [0, 0.1) is 34.0 Å². The average molecular weight is 501 g/mol. The minimum Gasteiger partial charge on any atom is -0.478 e. The second kappa shape index (κ2) is 9.66. The Labute approximate surface area is 215 Å². The van der Waals surface area contributed by atoms with E-state index in [9.17, 15) is 24.3 Å². The summed E-state index contributed by atoms with van der Waals surface area (Å²) in [5.74, 6) is -1.16. The molecule has 6 nitrogen and oxygen atoms in total. The van der Waals surface area contributed by atoms with Gasteiger partial charge in [-0.1, -0.05) is 40.7 Å². The largest absolute Gasteiger partial charge is 0.478 e. The Kier molecular flexibility index (Phi) is 7.65. The van der Waals surface area contributed by atoms with Gasteiger partial charge in [-0.15, -0.1) is 0 Å². The third kappa shape index (κ3) is 4.44. The zero-order valence-corrected chi connectivity index (χ0v) is 23.1. The molecule has 3 aliphatic carbocycles. The normalized spacial score (nSPS) is 37.0. The molecule has 0 heterocycles. The molecule has 2 N–H and O–H groups in total. The van der Waals surface area contributed by atoms with Crippen LogP contribution in [0.3, 0.4) is 0 Å². The van der Waals surface area contributed by atoms with Crippen LogP contribution >= 0.6 is 0 Å². The number of Topliss-reactive ketones (excluding diaryl/α,β-unsaturated/α-hetero) is 3. The van der Waals surface area contributed by atoms with E-state index in [2.05, 4.69) is 6.92 Å². The van der Waals surface area contributed by atoms with Crippen LogP contribution in [-0.4, -0.2) is 39.1 Å². The van der Waals surface area contributed by atoms with Crippen LogP contribution in [-0.2, 0) is 19.2 Å². The number of carboxylic acid groups (broad SMARTS) is 1. The molecule has 2 fully saturated rings. The molecule has 0 amide bonds. The monoisotopic (exact) mass is 500 g/mol. The van der Waals surface area contributed by atoms with Crippen molar-refractivity contribution in [2.45, 2.75) is 105 Å². The van der Waals surface area contributed by atoms with Gasteiger partial charge in [0.15, 0.2) is 5.78 Å². The molecular formula is C30H44O6. The summed E-state index contributed by atoms with van der Waals surface area (Å²) in [4.78, 5) is 50.3. The molecule has 0 aliphatic heterocycles. The summed E-state index contributed by atoms with van der Waals surface area (Å²) in [5.41, 5.74) is -2.30. The van der Waals surface area contributed by atoms with Gasteiger partial charge in [-0.25, -0.2) is 4.79 Å². The van der Waals surface area contributed by atoms with Gasteiger partial charge in [-0.3, -0.25) is 14.4 Å². The molecule has 0 spiro atoms. The van der Waals surface area contributed by atoms with E-state index >= 15 is 0 Å². The van der Waals surface area contributed by atoms with Crippen molar-refractivity contribution in [3.8, 4) is 0 Å². The Bertz CT molecular complexity index is 1020. The van der Waals surface area contributed by atoms with E-state index in [1.54, 1.807) is 26.0 Å². The minimum atomic E-state index is -1.21. The van der Waals surface area contributed by atoms with Gasteiger partial charge in [-0.2, -0.15) is 0 Å². The Morgan fingerprint density at radius 2 is 1.75 bits per heavy atom. The van der Waals surface area contributed by atoms with Gasteiger partial charge >= 0.3 is 5.97 Å². The molecule has 0 aromatic carbocycles. The highest BCUT2D eigenvalue weighted by molar-refractivity contribution is 6.01. The molecule has 0 bridgehead atoms.